The summed E-state index contributed by atoms with van der Waals surface area (Å²) in [5.74, 6) is 0. The molecule has 0 radical (unpaired) electrons. The van der Waals surface area contributed by atoms with Crippen molar-refractivity contribution in [3.63, 3.8) is 0 Å². The standard InChI is InChI=1S/C13H10N6OS3/c20-11(14-6-8-7-19-3-5-22-13(19)15-8)16-12-18-17-10(23-12)9-2-1-4-21-9/h1-5,7H,6H2,(H2,14,16,18,20). The summed E-state index contributed by atoms with van der Waals surface area (Å²) in [5, 5.41) is 18.7. The van der Waals surface area contributed by atoms with E-state index in [1.165, 1.54) is 11.3 Å². The Morgan fingerprint density at radius 1 is 1.26 bits per heavy atom. The van der Waals surface area contributed by atoms with Crippen molar-refractivity contribution in [3.8, 4) is 9.88 Å². The van der Waals surface area contributed by atoms with Crippen LogP contribution in [-0.4, -0.2) is 25.6 Å². The highest BCUT2D eigenvalue weighted by Gasteiger charge is 2.10. The number of hydrogen-bond donors (Lipinski definition) is 2. The molecule has 0 saturated heterocycles. The summed E-state index contributed by atoms with van der Waals surface area (Å²) < 4.78 is 1.93. The van der Waals surface area contributed by atoms with Gasteiger partial charge in [0.25, 0.3) is 0 Å². The zero-order valence-corrected chi connectivity index (χ0v) is 14.0. The van der Waals surface area contributed by atoms with E-state index in [1.54, 1.807) is 22.7 Å². The minimum Gasteiger partial charge on any atom is -0.332 e. The van der Waals surface area contributed by atoms with Crippen LogP contribution in [0.25, 0.3) is 14.8 Å². The van der Waals surface area contributed by atoms with E-state index in [-0.39, 0.29) is 6.03 Å². The number of carbonyl (C=O) groups excluding carboxylic acids is 1. The maximum Gasteiger partial charge on any atom is 0.321 e. The van der Waals surface area contributed by atoms with Crippen LogP contribution in [0.1, 0.15) is 5.69 Å². The molecule has 116 valence electrons. The van der Waals surface area contributed by atoms with Gasteiger partial charge in [0.1, 0.15) is 0 Å². The summed E-state index contributed by atoms with van der Waals surface area (Å²) in [5.41, 5.74) is 0.809. The molecule has 0 aliphatic rings. The fraction of sp³-hybridized carbons (Fsp3) is 0.0769. The molecule has 7 nitrogen and oxygen atoms in total. The number of urea groups is 1. The van der Waals surface area contributed by atoms with Gasteiger partial charge < -0.3 is 5.32 Å². The SMILES string of the molecule is O=C(NCc1cn2ccsc2n1)Nc1nnc(-c2cccs2)s1. The zero-order valence-electron chi connectivity index (χ0n) is 11.6. The lowest BCUT2D eigenvalue weighted by Crippen LogP contribution is -2.28. The molecular weight excluding hydrogens is 352 g/mol. The third kappa shape index (κ3) is 3.09. The summed E-state index contributed by atoms with van der Waals surface area (Å²) in [4.78, 5) is 18.3. The predicted octanol–water partition coefficient (Wildman–Crippen LogP) is 3.30. The third-order valence-electron chi connectivity index (χ3n) is 2.95. The molecule has 10 heteroatoms. The Kier molecular flexibility index (Phi) is 3.77. The molecular formula is C13H10N6OS3. The first-order valence-corrected chi connectivity index (χ1v) is 9.19. The molecule has 2 N–H and O–H groups in total. The molecule has 0 aliphatic heterocycles. The average molecular weight is 362 g/mol. The van der Waals surface area contributed by atoms with Crippen molar-refractivity contribution in [2.75, 3.05) is 5.32 Å². The lowest BCUT2D eigenvalue weighted by molar-refractivity contribution is 0.251. The number of amides is 2. The first kappa shape index (κ1) is 14.3. The van der Waals surface area contributed by atoms with Crippen LogP contribution in [0.2, 0.25) is 0 Å². The van der Waals surface area contributed by atoms with Crippen molar-refractivity contribution in [1.82, 2.24) is 24.9 Å². The van der Waals surface area contributed by atoms with Crippen molar-refractivity contribution < 1.29 is 4.79 Å². The molecule has 4 rings (SSSR count). The molecule has 0 saturated carbocycles. The number of rotatable bonds is 4. The first-order valence-electron chi connectivity index (χ1n) is 6.61. The van der Waals surface area contributed by atoms with Crippen molar-refractivity contribution in [1.29, 1.82) is 0 Å². The molecule has 2 amide bonds. The maximum atomic E-state index is 11.9. The van der Waals surface area contributed by atoms with E-state index in [0.717, 1.165) is 20.5 Å². The Balaban J connectivity index is 1.35. The molecule has 23 heavy (non-hydrogen) atoms. The summed E-state index contributed by atoms with van der Waals surface area (Å²) in [6, 6.07) is 3.60. The molecule has 0 spiro atoms. The highest BCUT2D eigenvalue weighted by molar-refractivity contribution is 7.23. The highest BCUT2D eigenvalue weighted by atomic mass is 32.1. The van der Waals surface area contributed by atoms with Gasteiger partial charge in [-0.15, -0.1) is 32.9 Å². The fourth-order valence-corrected chi connectivity index (χ4v) is 4.20. The minimum atomic E-state index is -0.324. The second-order valence-corrected chi connectivity index (χ2v) is 7.32. The maximum absolute atomic E-state index is 11.9. The molecule has 4 heterocycles. The number of thiophene rings is 1. The predicted molar refractivity (Wildman–Crippen MR) is 92.1 cm³/mol. The van der Waals surface area contributed by atoms with E-state index in [2.05, 4.69) is 25.8 Å². The summed E-state index contributed by atoms with van der Waals surface area (Å²) in [6.45, 7) is 0.358. The highest BCUT2D eigenvalue weighted by Crippen LogP contribution is 2.29. The van der Waals surface area contributed by atoms with Crippen LogP contribution in [-0.2, 0) is 6.54 Å². The van der Waals surface area contributed by atoms with Gasteiger partial charge in [0.05, 0.1) is 17.1 Å². The van der Waals surface area contributed by atoms with Gasteiger partial charge in [-0.1, -0.05) is 17.4 Å². The molecule has 0 fully saturated rings. The Labute approximate surface area is 142 Å². The molecule has 4 aromatic heterocycles. The van der Waals surface area contributed by atoms with Crippen LogP contribution in [0.5, 0.6) is 0 Å². The Bertz CT molecular complexity index is 910. The second kappa shape index (κ2) is 6.07. The van der Waals surface area contributed by atoms with Crippen LogP contribution < -0.4 is 10.6 Å². The first-order chi connectivity index (χ1) is 11.3. The quantitative estimate of drug-likeness (QED) is 0.583. The van der Waals surface area contributed by atoms with Gasteiger partial charge in [-0.05, 0) is 11.4 Å². The van der Waals surface area contributed by atoms with E-state index in [4.69, 9.17) is 0 Å². The van der Waals surface area contributed by atoms with Gasteiger partial charge in [-0.3, -0.25) is 9.72 Å². The van der Waals surface area contributed by atoms with E-state index < -0.39 is 0 Å². The van der Waals surface area contributed by atoms with Crippen molar-refractivity contribution in [3.05, 3.63) is 41.0 Å². The molecule has 0 aromatic carbocycles. The Morgan fingerprint density at radius 2 is 2.22 bits per heavy atom. The van der Waals surface area contributed by atoms with Crippen molar-refractivity contribution in [2.45, 2.75) is 6.54 Å². The van der Waals surface area contributed by atoms with Crippen molar-refractivity contribution in [2.24, 2.45) is 0 Å². The molecule has 0 atom stereocenters. The number of anilines is 1. The molecule has 4 aromatic rings. The zero-order chi connectivity index (χ0) is 15.6. The topological polar surface area (TPSA) is 84.2 Å². The van der Waals surface area contributed by atoms with E-state index >= 15 is 0 Å². The number of hydrogen-bond acceptors (Lipinski definition) is 7. The van der Waals surface area contributed by atoms with Gasteiger partial charge in [0, 0.05) is 17.8 Å². The van der Waals surface area contributed by atoms with E-state index in [0.29, 0.717) is 11.7 Å². The minimum absolute atomic E-state index is 0.324. The smallest absolute Gasteiger partial charge is 0.321 e. The van der Waals surface area contributed by atoms with Crippen LogP contribution in [0.15, 0.2) is 35.3 Å². The van der Waals surface area contributed by atoms with Crippen LogP contribution in [0.4, 0.5) is 9.93 Å². The van der Waals surface area contributed by atoms with Crippen molar-refractivity contribution >= 4 is 50.1 Å². The lowest BCUT2D eigenvalue weighted by Gasteiger charge is -2.02. The molecule has 0 unspecified atom stereocenters. The van der Waals surface area contributed by atoms with Crippen LogP contribution >= 0.6 is 34.0 Å². The largest absolute Gasteiger partial charge is 0.332 e. The number of aromatic nitrogens is 4. The number of imidazole rings is 1. The second-order valence-electron chi connectivity index (χ2n) is 4.52. The number of carbonyl (C=O) groups is 1. The van der Waals surface area contributed by atoms with Gasteiger partial charge >= 0.3 is 6.03 Å². The normalized spacial score (nSPS) is 11.0. The third-order valence-corrected chi connectivity index (χ3v) is 5.60. The average Bonchev–Trinajstić information content (AvgIpc) is 3.28. The number of thiazole rings is 1. The van der Waals surface area contributed by atoms with Crippen LogP contribution in [0, 0.1) is 0 Å². The Hall–Kier alpha value is -2.30. The van der Waals surface area contributed by atoms with E-state index in [1.807, 2.05) is 39.7 Å². The Morgan fingerprint density at radius 3 is 3.04 bits per heavy atom. The summed E-state index contributed by atoms with van der Waals surface area (Å²) in [7, 11) is 0. The van der Waals surface area contributed by atoms with Gasteiger partial charge in [0.15, 0.2) is 9.97 Å². The monoisotopic (exact) mass is 362 g/mol. The van der Waals surface area contributed by atoms with Gasteiger partial charge in [0.2, 0.25) is 5.13 Å². The van der Waals surface area contributed by atoms with Gasteiger partial charge in [-0.2, -0.15) is 0 Å². The number of fused-ring (bicyclic) bond motifs is 1. The number of nitrogens with zero attached hydrogens (tertiary/aromatic N) is 4. The fourth-order valence-electron chi connectivity index (χ4n) is 1.95. The number of nitrogens with one attached hydrogen (secondary N) is 2. The molecule has 0 aliphatic carbocycles. The van der Waals surface area contributed by atoms with Gasteiger partial charge in [-0.25, -0.2) is 9.78 Å². The lowest BCUT2D eigenvalue weighted by atomic mass is 10.5. The van der Waals surface area contributed by atoms with Crippen LogP contribution in [0.3, 0.4) is 0 Å². The summed E-state index contributed by atoms with van der Waals surface area (Å²) in [6.07, 6.45) is 3.83. The summed E-state index contributed by atoms with van der Waals surface area (Å²) >= 11 is 4.49. The van der Waals surface area contributed by atoms with E-state index in [9.17, 15) is 4.79 Å². The molecule has 0 bridgehead atoms.